The van der Waals surface area contributed by atoms with Gasteiger partial charge in [0.1, 0.15) is 11.5 Å². The molecule has 0 aromatic heterocycles. The first-order valence-electron chi connectivity index (χ1n) is 5.20. The lowest BCUT2D eigenvalue weighted by Crippen LogP contribution is -1.84. The van der Waals surface area contributed by atoms with Crippen LogP contribution in [0.1, 0.15) is 12.5 Å². The van der Waals surface area contributed by atoms with Gasteiger partial charge in [0, 0.05) is 0 Å². The highest BCUT2D eigenvalue weighted by molar-refractivity contribution is 5.32. The summed E-state index contributed by atoms with van der Waals surface area (Å²) in [5, 5.41) is 0. The molecule has 0 unspecified atom stereocenters. The van der Waals surface area contributed by atoms with Crippen LogP contribution in [0.3, 0.4) is 0 Å². The Morgan fingerprint density at radius 1 is 0.800 bits per heavy atom. The number of hydrogen-bond acceptors (Lipinski definition) is 1. The smallest absolute Gasteiger partial charge is 0.127 e. The van der Waals surface area contributed by atoms with E-state index in [4.69, 9.17) is 4.74 Å². The summed E-state index contributed by atoms with van der Waals surface area (Å²) >= 11 is 0. The van der Waals surface area contributed by atoms with E-state index in [1.165, 1.54) is 5.56 Å². The van der Waals surface area contributed by atoms with Gasteiger partial charge >= 0.3 is 0 Å². The van der Waals surface area contributed by atoms with E-state index in [0.29, 0.717) is 0 Å². The fraction of sp³-hybridized carbons (Fsp3) is 0.143. The van der Waals surface area contributed by atoms with Crippen LogP contribution in [0.5, 0.6) is 11.5 Å². The van der Waals surface area contributed by atoms with Gasteiger partial charge < -0.3 is 4.74 Å². The molecule has 76 valence electrons. The lowest BCUT2D eigenvalue weighted by Gasteiger charge is -2.05. The molecule has 1 heteroatoms. The maximum Gasteiger partial charge on any atom is 0.127 e. The van der Waals surface area contributed by atoms with Gasteiger partial charge in [0.05, 0.1) is 0 Å². The predicted molar refractivity (Wildman–Crippen MR) is 62.3 cm³/mol. The Bertz CT molecular complexity index is 403. The molecule has 2 rings (SSSR count). The molecule has 0 fully saturated rings. The van der Waals surface area contributed by atoms with Crippen LogP contribution < -0.4 is 4.74 Å². The van der Waals surface area contributed by atoms with Crippen LogP contribution in [0.25, 0.3) is 0 Å². The molecular weight excluding hydrogens is 184 g/mol. The van der Waals surface area contributed by atoms with Crippen molar-refractivity contribution in [1.29, 1.82) is 0 Å². The third kappa shape index (κ3) is 2.59. The van der Waals surface area contributed by atoms with Crippen molar-refractivity contribution in [1.82, 2.24) is 0 Å². The Morgan fingerprint density at radius 3 is 2.00 bits per heavy atom. The number of rotatable bonds is 3. The molecule has 0 saturated carbocycles. The third-order valence-corrected chi connectivity index (χ3v) is 2.31. The van der Waals surface area contributed by atoms with Gasteiger partial charge in [-0.15, -0.1) is 0 Å². The first-order valence-corrected chi connectivity index (χ1v) is 5.20. The Labute approximate surface area is 90.3 Å². The molecule has 2 aromatic rings. The second-order valence-corrected chi connectivity index (χ2v) is 3.41. The van der Waals surface area contributed by atoms with Crippen molar-refractivity contribution in [2.45, 2.75) is 13.3 Å². The Hall–Kier alpha value is -1.76. The highest BCUT2D eigenvalue weighted by Crippen LogP contribution is 2.20. The van der Waals surface area contributed by atoms with Crippen molar-refractivity contribution >= 4 is 0 Å². The fourth-order valence-electron chi connectivity index (χ4n) is 1.42. The average molecular weight is 198 g/mol. The summed E-state index contributed by atoms with van der Waals surface area (Å²) in [5.74, 6) is 1.76. The normalized spacial score (nSPS) is 9.93. The lowest BCUT2D eigenvalue weighted by molar-refractivity contribution is 0.482. The van der Waals surface area contributed by atoms with Gasteiger partial charge in [0.15, 0.2) is 0 Å². The topological polar surface area (TPSA) is 9.23 Å². The van der Waals surface area contributed by atoms with Gasteiger partial charge in [-0.2, -0.15) is 0 Å². The summed E-state index contributed by atoms with van der Waals surface area (Å²) in [7, 11) is 0. The number of ether oxygens (including phenoxy) is 1. The molecule has 2 aromatic carbocycles. The zero-order valence-electron chi connectivity index (χ0n) is 8.81. The maximum absolute atomic E-state index is 5.68. The third-order valence-electron chi connectivity index (χ3n) is 2.31. The molecular formula is C14H14O. The highest BCUT2D eigenvalue weighted by atomic mass is 16.5. The minimum absolute atomic E-state index is 0.877. The van der Waals surface area contributed by atoms with Crippen molar-refractivity contribution in [2.24, 2.45) is 0 Å². The Balaban J connectivity index is 2.11. The Morgan fingerprint density at radius 2 is 1.40 bits per heavy atom. The molecule has 0 radical (unpaired) electrons. The average Bonchev–Trinajstić information content (AvgIpc) is 2.31. The zero-order valence-corrected chi connectivity index (χ0v) is 8.81. The van der Waals surface area contributed by atoms with E-state index in [0.717, 1.165) is 17.9 Å². The highest BCUT2D eigenvalue weighted by Gasteiger charge is 1.95. The summed E-state index contributed by atoms with van der Waals surface area (Å²) in [6.45, 7) is 2.15. The van der Waals surface area contributed by atoms with E-state index in [9.17, 15) is 0 Å². The molecule has 0 spiro atoms. The molecule has 15 heavy (non-hydrogen) atoms. The standard InChI is InChI=1S/C14H14O/c1-2-12-8-10-14(11-9-12)15-13-6-4-3-5-7-13/h3-11H,2H2,1H3. The number of para-hydroxylation sites is 1. The summed E-state index contributed by atoms with van der Waals surface area (Å²) in [5.41, 5.74) is 1.33. The van der Waals surface area contributed by atoms with Gasteiger partial charge in [0.2, 0.25) is 0 Å². The SMILES string of the molecule is CCc1ccc(Oc2ccccc2)cc1. The van der Waals surface area contributed by atoms with Crippen LogP contribution in [0.4, 0.5) is 0 Å². The van der Waals surface area contributed by atoms with Crippen molar-refractivity contribution in [3.8, 4) is 11.5 Å². The first-order chi connectivity index (χ1) is 7.38. The molecule has 0 saturated heterocycles. The number of aryl methyl sites for hydroxylation is 1. The summed E-state index contributed by atoms with van der Waals surface area (Å²) in [6, 6.07) is 18.0. The van der Waals surface area contributed by atoms with E-state index < -0.39 is 0 Å². The van der Waals surface area contributed by atoms with Crippen LogP contribution >= 0.6 is 0 Å². The van der Waals surface area contributed by atoms with Gasteiger partial charge in [-0.25, -0.2) is 0 Å². The minimum atomic E-state index is 0.877. The molecule has 0 aliphatic rings. The van der Waals surface area contributed by atoms with Crippen molar-refractivity contribution in [3.63, 3.8) is 0 Å². The fourth-order valence-corrected chi connectivity index (χ4v) is 1.42. The van der Waals surface area contributed by atoms with Crippen LogP contribution in [-0.4, -0.2) is 0 Å². The zero-order chi connectivity index (χ0) is 10.5. The van der Waals surface area contributed by atoms with E-state index in [-0.39, 0.29) is 0 Å². The van der Waals surface area contributed by atoms with E-state index in [2.05, 4.69) is 19.1 Å². The van der Waals surface area contributed by atoms with Crippen LogP contribution in [0.15, 0.2) is 54.6 Å². The van der Waals surface area contributed by atoms with Crippen molar-refractivity contribution in [2.75, 3.05) is 0 Å². The molecule has 0 N–H and O–H groups in total. The number of hydrogen-bond donors (Lipinski definition) is 0. The van der Waals surface area contributed by atoms with E-state index >= 15 is 0 Å². The molecule has 0 atom stereocenters. The van der Waals surface area contributed by atoms with Gasteiger partial charge in [-0.3, -0.25) is 0 Å². The van der Waals surface area contributed by atoms with Crippen molar-refractivity contribution < 1.29 is 4.74 Å². The monoisotopic (exact) mass is 198 g/mol. The van der Waals surface area contributed by atoms with Gasteiger partial charge in [-0.05, 0) is 36.2 Å². The molecule has 0 heterocycles. The second kappa shape index (κ2) is 4.65. The molecule has 0 aliphatic carbocycles. The van der Waals surface area contributed by atoms with E-state index in [1.807, 2.05) is 42.5 Å². The number of benzene rings is 2. The summed E-state index contributed by atoms with van der Waals surface area (Å²) < 4.78 is 5.68. The van der Waals surface area contributed by atoms with E-state index in [1.54, 1.807) is 0 Å². The molecule has 0 aliphatic heterocycles. The first kappa shape index (κ1) is 9.78. The van der Waals surface area contributed by atoms with Crippen LogP contribution in [0, 0.1) is 0 Å². The largest absolute Gasteiger partial charge is 0.457 e. The summed E-state index contributed by atoms with van der Waals surface area (Å²) in [6.07, 6.45) is 1.06. The second-order valence-electron chi connectivity index (χ2n) is 3.41. The van der Waals surface area contributed by atoms with Gasteiger partial charge in [-0.1, -0.05) is 37.3 Å². The van der Waals surface area contributed by atoms with Gasteiger partial charge in [0.25, 0.3) is 0 Å². The van der Waals surface area contributed by atoms with Crippen LogP contribution in [-0.2, 0) is 6.42 Å². The Kier molecular flexibility index (Phi) is 3.03. The lowest BCUT2D eigenvalue weighted by atomic mass is 10.2. The maximum atomic E-state index is 5.68. The molecule has 1 nitrogen and oxygen atoms in total. The van der Waals surface area contributed by atoms with Crippen LogP contribution in [0.2, 0.25) is 0 Å². The molecule has 0 amide bonds. The predicted octanol–water partition coefficient (Wildman–Crippen LogP) is 4.04. The quantitative estimate of drug-likeness (QED) is 0.723. The molecule has 0 bridgehead atoms. The minimum Gasteiger partial charge on any atom is -0.457 e. The summed E-state index contributed by atoms with van der Waals surface area (Å²) in [4.78, 5) is 0. The van der Waals surface area contributed by atoms with Crippen molar-refractivity contribution in [3.05, 3.63) is 60.2 Å².